The largest absolute Gasteiger partial charge is 0.466 e. The van der Waals surface area contributed by atoms with E-state index in [0.29, 0.717) is 6.54 Å². The van der Waals surface area contributed by atoms with Crippen LogP contribution in [-0.2, 0) is 4.74 Å². The maximum Gasteiger partial charge on any atom is 0.315 e. The van der Waals surface area contributed by atoms with Crippen molar-refractivity contribution < 1.29 is 13.9 Å². The van der Waals surface area contributed by atoms with E-state index < -0.39 is 0 Å². The highest BCUT2D eigenvalue weighted by molar-refractivity contribution is 5.74. The summed E-state index contributed by atoms with van der Waals surface area (Å²) in [5.74, 6) is 1.72. The topological polar surface area (TPSA) is 66.7 Å². The molecule has 6 nitrogen and oxygen atoms in total. The molecular weight excluding hydrogens is 306 g/mol. The average molecular weight is 337 g/mol. The standard InChI is InChI=1S/C18H31N3O3/c1-12-9-17(16(5)24-12)15(4)20-18(22)19-7-6-8-21-10-13(2)23-14(3)11-21/h9,13-15H,6-8,10-11H2,1-5H3,(H2,19,20,22)/t13-,14+,15-/m1/s1. The summed E-state index contributed by atoms with van der Waals surface area (Å²) >= 11 is 0. The number of rotatable bonds is 6. The molecule has 2 rings (SSSR count). The molecule has 0 aromatic carbocycles. The number of morpholine rings is 1. The molecule has 0 spiro atoms. The van der Waals surface area contributed by atoms with Gasteiger partial charge in [-0.05, 0) is 47.1 Å². The molecule has 24 heavy (non-hydrogen) atoms. The predicted octanol–water partition coefficient (Wildman–Crippen LogP) is 2.76. The van der Waals surface area contributed by atoms with E-state index in [0.717, 1.165) is 43.1 Å². The molecule has 1 aromatic rings. The molecule has 0 bridgehead atoms. The highest BCUT2D eigenvalue weighted by atomic mass is 16.5. The Morgan fingerprint density at radius 2 is 2.00 bits per heavy atom. The Morgan fingerprint density at radius 1 is 1.33 bits per heavy atom. The van der Waals surface area contributed by atoms with E-state index in [2.05, 4.69) is 29.4 Å². The van der Waals surface area contributed by atoms with E-state index >= 15 is 0 Å². The second-order valence-corrected chi connectivity index (χ2v) is 6.86. The van der Waals surface area contributed by atoms with Gasteiger partial charge in [0.2, 0.25) is 0 Å². The van der Waals surface area contributed by atoms with E-state index in [9.17, 15) is 4.79 Å². The normalized spacial score (nSPS) is 23.0. The number of nitrogens with one attached hydrogen (secondary N) is 2. The molecule has 0 unspecified atom stereocenters. The van der Waals surface area contributed by atoms with Crippen LogP contribution in [0.25, 0.3) is 0 Å². The third-order valence-corrected chi connectivity index (χ3v) is 4.33. The molecule has 1 aliphatic heterocycles. The van der Waals surface area contributed by atoms with Crippen LogP contribution in [0.15, 0.2) is 10.5 Å². The molecule has 1 aromatic heterocycles. The van der Waals surface area contributed by atoms with Gasteiger partial charge >= 0.3 is 6.03 Å². The Hall–Kier alpha value is -1.53. The van der Waals surface area contributed by atoms with Crippen LogP contribution in [0.1, 0.15) is 50.3 Å². The summed E-state index contributed by atoms with van der Waals surface area (Å²) in [5, 5.41) is 5.89. The van der Waals surface area contributed by atoms with E-state index in [1.54, 1.807) is 0 Å². The molecular formula is C18H31N3O3. The monoisotopic (exact) mass is 337 g/mol. The van der Waals surface area contributed by atoms with Gasteiger partial charge in [-0.3, -0.25) is 4.90 Å². The van der Waals surface area contributed by atoms with Crippen LogP contribution in [0.2, 0.25) is 0 Å². The summed E-state index contributed by atoms with van der Waals surface area (Å²) in [4.78, 5) is 14.4. The molecule has 0 aliphatic carbocycles. The number of nitrogens with zero attached hydrogens (tertiary/aromatic N) is 1. The Balaban J connectivity index is 1.65. The van der Waals surface area contributed by atoms with Crippen molar-refractivity contribution in [2.24, 2.45) is 0 Å². The number of ether oxygens (including phenoxy) is 1. The summed E-state index contributed by atoms with van der Waals surface area (Å²) in [6, 6.07) is 1.77. The quantitative estimate of drug-likeness (QED) is 0.783. The third-order valence-electron chi connectivity index (χ3n) is 4.33. The lowest BCUT2D eigenvalue weighted by atomic mass is 10.1. The summed E-state index contributed by atoms with van der Waals surface area (Å²) in [5.41, 5.74) is 1.03. The summed E-state index contributed by atoms with van der Waals surface area (Å²) in [7, 11) is 0. The van der Waals surface area contributed by atoms with Gasteiger partial charge in [0.05, 0.1) is 18.2 Å². The van der Waals surface area contributed by atoms with Crippen molar-refractivity contribution >= 4 is 6.03 Å². The molecule has 2 heterocycles. The lowest BCUT2D eigenvalue weighted by Crippen LogP contribution is -2.46. The maximum absolute atomic E-state index is 12.0. The number of amides is 2. The van der Waals surface area contributed by atoms with Gasteiger partial charge in [-0.25, -0.2) is 4.79 Å². The van der Waals surface area contributed by atoms with Crippen molar-refractivity contribution in [2.75, 3.05) is 26.2 Å². The van der Waals surface area contributed by atoms with E-state index in [1.165, 1.54) is 0 Å². The lowest BCUT2D eigenvalue weighted by Gasteiger charge is -2.35. The summed E-state index contributed by atoms with van der Waals surface area (Å²) < 4.78 is 11.2. The van der Waals surface area contributed by atoms with Gasteiger partial charge in [-0.15, -0.1) is 0 Å². The highest BCUT2D eigenvalue weighted by Crippen LogP contribution is 2.20. The van der Waals surface area contributed by atoms with Crippen LogP contribution in [0, 0.1) is 13.8 Å². The van der Waals surface area contributed by atoms with Gasteiger partial charge < -0.3 is 19.8 Å². The summed E-state index contributed by atoms with van der Waals surface area (Å²) in [6.07, 6.45) is 1.51. The number of urea groups is 1. The second-order valence-electron chi connectivity index (χ2n) is 6.86. The number of carbonyl (C=O) groups is 1. The maximum atomic E-state index is 12.0. The number of furan rings is 1. The van der Waals surface area contributed by atoms with Crippen LogP contribution >= 0.6 is 0 Å². The lowest BCUT2D eigenvalue weighted by molar-refractivity contribution is -0.0679. The van der Waals surface area contributed by atoms with Crippen molar-refractivity contribution in [3.8, 4) is 0 Å². The summed E-state index contributed by atoms with van der Waals surface area (Å²) in [6.45, 7) is 13.6. The SMILES string of the molecule is Cc1cc([C@@H](C)NC(=O)NCCCN2C[C@@H](C)O[C@@H](C)C2)c(C)o1. The molecule has 6 heteroatoms. The Bertz CT molecular complexity index is 534. The van der Waals surface area contributed by atoms with E-state index in [-0.39, 0.29) is 24.3 Å². The van der Waals surface area contributed by atoms with Gasteiger partial charge in [0.25, 0.3) is 0 Å². The van der Waals surface area contributed by atoms with Crippen LogP contribution in [-0.4, -0.2) is 49.3 Å². The minimum atomic E-state index is -0.135. The molecule has 1 fully saturated rings. The van der Waals surface area contributed by atoms with Crippen LogP contribution in [0.4, 0.5) is 4.79 Å². The first kappa shape index (κ1) is 18.8. The Labute approximate surface area is 144 Å². The van der Waals surface area contributed by atoms with Crippen molar-refractivity contribution in [3.05, 3.63) is 23.2 Å². The molecule has 0 radical (unpaired) electrons. The van der Waals surface area contributed by atoms with Crippen molar-refractivity contribution in [3.63, 3.8) is 0 Å². The minimum Gasteiger partial charge on any atom is -0.466 e. The Kier molecular flexibility index (Phi) is 6.69. The third kappa shape index (κ3) is 5.53. The second kappa shape index (κ2) is 8.53. The smallest absolute Gasteiger partial charge is 0.315 e. The number of aryl methyl sites for hydroxylation is 2. The zero-order valence-electron chi connectivity index (χ0n) is 15.5. The van der Waals surface area contributed by atoms with E-state index in [4.69, 9.17) is 9.15 Å². The number of carbonyl (C=O) groups excluding carboxylic acids is 1. The number of hydrogen-bond acceptors (Lipinski definition) is 4. The van der Waals surface area contributed by atoms with Gasteiger partial charge in [0.15, 0.2) is 0 Å². The van der Waals surface area contributed by atoms with Gasteiger partial charge in [-0.2, -0.15) is 0 Å². The first-order valence-electron chi connectivity index (χ1n) is 8.84. The highest BCUT2D eigenvalue weighted by Gasteiger charge is 2.21. The van der Waals surface area contributed by atoms with Crippen molar-refractivity contribution in [1.82, 2.24) is 15.5 Å². The van der Waals surface area contributed by atoms with Crippen molar-refractivity contribution in [1.29, 1.82) is 0 Å². The van der Waals surface area contributed by atoms with Crippen molar-refractivity contribution in [2.45, 2.75) is 59.3 Å². The molecule has 0 saturated carbocycles. The minimum absolute atomic E-state index is 0.0663. The molecule has 1 aliphatic rings. The Morgan fingerprint density at radius 3 is 2.58 bits per heavy atom. The number of hydrogen-bond donors (Lipinski definition) is 2. The van der Waals surface area contributed by atoms with Gasteiger partial charge in [0.1, 0.15) is 11.5 Å². The average Bonchev–Trinajstić information content (AvgIpc) is 2.81. The zero-order chi connectivity index (χ0) is 17.7. The first-order valence-corrected chi connectivity index (χ1v) is 8.84. The first-order chi connectivity index (χ1) is 11.3. The van der Waals surface area contributed by atoms with Gasteiger partial charge in [-0.1, -0.05) is 0 Å². The fourth-order valence-corrected chi connectivity index (χ4v) is 3.38. The fourth-order valence-electron chi connectivity index (χ4n) is 3.38. The molecule has 2 amide bonds. The predicted molar refractivity (Wildman–Crippen MR) is 94.2 cm³/mol. The van der Waals surface area contributed by atoms with Gasteiger partial charge in [0, 0.05) is 31.7 Å². The van der Waals surface area contributed by atoms with E-state index in [1.807, 2.05) is 26.8 Å². The molecule has 3 atom stereocenters. The molecule has 1 saturated heterocycles. The fraction of sp³-hybridized carbons (Fsp3) is 0.722. The zero-order valence-corrected chi connectivity index (χ0v) is 15.5. The van der Waals surface area contributed by atoms with Crippen LogP contribution in [0.3, 0.4) is 0 Å². The molecule has 136 valence electrons. The molecule has 2 N–H and O–H groups in total. The van der Waals surface area contributed by atoms with Crippen LogP contribution in [0.5, 0.6) is 0 Å². The van der Waals surface area contributed by atoms with Crippen LogP contribution < -0.4 is 10.6 Å².